The summed E-state index contributed by atoms with van der Waals surface area (Å²) in [5.74, 6) is -3.56. The maximum absolute atomic E-state index is 12.8. The van der Waals surface area contributed by atoms with E-state index in [4.69, 9.17) is 4.74 Å². The summed E-state index contributed by atoms with van der Waals surface area (Å²) in [4.78, 5) is 25.3. The maximum atomic E-state index is 12.8. The van der Waals surface area contributed by atoms with Gasteiger partial charge in [-0.3, -0.25) is 9.59 Å². The molecular formula is C20H26O7. The molecule has 7 heteroatoms. The molecule has 1 aliphatic heterocycles. The van der Waals surface area contributed by atoms with Crippen molar-refractivity contribution in [2.24, 2.45) is 39.9 Å². The molecule has 148 valence electrons. The van der Waals surface area contributed by atoms with Gasteiger partial charge >= 0.3 is 11.9 Å². The third-order valence-corrected chi connectivity index (χ3v) is 8.87. The van der Waals surface area contributed by atoms with E-state index in [1.807, 2.05) is 0 Å². The van der Waals surface area contributed by atoms with Gasteiger partial charge in [-0.05, 0) is 43.9 Å². The standard InChI is InChI=1S/C20H26O7/c1-8-4-19-5-9(8)3-10(21)13(19)20-6-11(22)15(23)18(2,17(26)27-7-20)14(20)12(19)16(24)25/h9-15,21-23H,1,3-7H2,2H3,(H,24,25)/t9-,10-,11+,12-,13-,14-,15+,18+,19-,20-/m1/s1. The molecule has 1 saturated heterocycles. The van der Waals surface area contributed by atoms with Crippen LogP contribution in [0, 0.1) is 39.9 Å². The molecule has 4 saturated carbocycles. The van der Waals surface area contributed by atoms with E-state index in [-0.39, 0.29) is 18.9 Å². The zero-order chi connectivity index (χ0) is 19.5. The number of ether oxygens (including phenoxy) is 1. The molecule has 4 N–H and O–H groups in total. The second-order valence-corrected chi connectivity index (χ2v) is 9.85. The SMILES string of the molecule is C=C1C[C@]23C[C@H]1C[C@@H](O)[C@H]2[C@]12COC(=O)[C@](C)([C@@H](O)[C@@H](O)C1)[C@H]2[C@@H]3C(=O)O. The number of esters is 1. The molecule has 0 aromatic heterocycles. The number of aliphatic carboxylic acids is 1. The Balaban J connectivity index is 1.80. The molecule has 5 aliphatic rings. The number of carbonyl (C=O) groups is 2. The summed E-state index contributed by atoms with van der Waals surface area (Å²) in [7, 11) is 0. The smallest absolute Gasteiger partial charge is 0.314 e. The number of hydrogen-bond acceptors (Lipinski definition) is 6. The zero-order valence-corrected chi connectivity index (χ0v) is 15.3. The molecule has 5 rings (SSSR count). The Kier molecular flexibility index (Phi) is 3.22. The van der Waals surface area contributed by atoms with Gasteiger partial charge < -0.3 is 25.2 Å². The summed E-state index contributed by atoms with van der Waals surface area (Å²) < 4.78 is 5.49. The van der Waals surface area contributed by atoms with Crippen molar-refractivity contribution in [1.29, 1.82) is 0 Å². The van der Waals surface area contributed by atoms with Crippen LogP contribution in [0.2, 0.25) is 0 Å². The van der Waals surface area contributed by atoms with Crippen molar-refractivity contribution in [2.45, 2.75) is 50.9 Å². The summed E-state index contributed by atoms with van der Waals surface area (Å²) in [6, 6.07) is 0. The lowest BCUT2D eigenvalue weighted by Gasteiger charge is -2.59. The topological polar surface area (TPSA) is 124 Å². The van der Waals surface area contributed by atoms with Crippen LogP contribution in [0.15, 0.2) is 12.2 Å². The van der Waals surface area contributed by atoms with Crippen LogP contribution in [-0.4, -0.2) is 57.3 Å². The van der Waals surface area contributed by atoms with E-state index < -0.39 is 64.2 Å². The van der Waals surface area contributed by atoms with Gasteiger partial charge in [0.15, 0.2) is 0 Å². The third kappa shape index (κ3) is 1.71. The van der Waals surface area contributed by atoms with Crippen LogP contribution in [0.25, 0.3) is 0 Å². The lowest BCUT2D eigenvalue weighted by atomic mass is 9.49. The molecule has 0 unspecified atom stereocenters. The average Bonchev–Trinajstić information content (AvgIpc) is 2.99. The highest BCUT2D eigenvalue weighted by Crippen LogP contribution is 2.78. The number of hydrogen-bond donors (Lipinski definition) is 4. The molecule has 7 nitrogen and oxygen atoms in total. The molecule has 27 heavy (non-hydrogen) atoms. The number of carbonyl (C=O) groups excluding carboxylic acids is 1. The predicted molar refractivity (Wildman–Crippen MR) is 91.2 cm³/mol. The Morgan fingerprint density at radius 2 is 1.85 bits per heavy atom. The Morgan fingerprint density at radius 1 is 1.15 bits per heavy atom. The summed E-state index contributed by atoms with van der Waals surface area (Å²) in [6.45, 7) is 5.65. The summed E-state index contributed by atoms with van der Waals surface area (Å²) in [6.07, 6.45) is -1.50. The van der Waals surface area contributed by atoms with Gasteiger partial charge in [-0.25, -0.2) is 0 Å². The Labute approximate surface area is 157 Å². The van der Waals surface area contributed by atoms with Crippen LogP contribution in [0.4, 0.5) is 0 Å². The first-order valence-electron chi connectivity index (χ1n) is 9.71. The van der Waals surface area contributed by atoms with Crippen LogP contribution in [0.1, 0.15) is 32.6 Å². The fraction of sp³-hybridized carbons (Fsp3) is 0.800. The molecule has 1 spiro atoms. The van der Waals surface area contributed by atoms with Gasteiger partial charge in [0.2, 0.25) is 0 Å². The van der Waals surface area contributed by atoms with E-state index in [9.17, 15) is 30.0 Å². The van der Waals surface area contributed by atoms with Crippen LogP contribution < -0.4 is 0 Å². The van der Waals surface area contributed by atoms with Gasteiger partial charge in [-0.2, -0.15) is 0 Å². The van der Waals surface area contributed by atoms with Crippen molar-refractivity contribution in [3.05, 3.63) is 12.2 Å². The number of carboxylic acids is 1. The monoisotopic (exact) mass is 378 g/mol. The van der Waals surface area contributed by atoms with Gasteiger partial charge in [0.05, 0.1) is 36.3 Å². The lowest BCUT2D eigenvalue weighted by molar-refractivity contribution is -0.246. The van der Waals surface area contributed by atoms with E-state index in [0.717, 1.165) is 5.57 Å². The Hall–Kier alpha value is -1.44. The van der Waals surface area contributed by atoms with Crippen LogP contribution >= 0.6 is 0 Å². The first-order chi connectivity index (χ1) is 12.6. The molecule has 4 aliphatic carbocycles. The highest BCUT2D eigenvalue weighted by Gasteiger charge is 2.82. The number of fused-ring (bicyclic) bond motifs is 1. The molecule has 0 aromatic carbocycles. The van der Waals surface area contributed by atoms with E-state index in [2.05, 4.69) is 6.58 Å². The molecule has 10 atom stereocenters. The first-order valence-corrected chi connectivity index (χ1v) is 9.71. The first kappa shape index (κ1) is 17.6. The van der Waals surface area contributed by atoms with Crippen molar-refractivity contribution in [2.75, 3.05) is 6.61 Å². The van der Waals surface area contributed by atoms with Crippen molar-refractivity contribution < 1.29 is 34.8 Å². The van der Waals surface area contributed by atoms with Crippen molar-refractivity contribution >= 4 is 11.9 Å². The van der Waals surface area contributed by atoms with Crippen LogP contribution in [0.5, 0.6) is 0 Å². The molecule has 0 amide bonds. The van der Waals surface area contributed by atoms with Crippen LogP contribution in [-0.2, 0) is 14.3 Å². The minimum absolute atomic E-state index is 0.0136. The molecule has 1 heterocycles. The highest BCUT2D eigenvalue weighted by molar-refractivity contribution is 5.83. The van der Waals surface area contributed by atoms with E-state index >= 15 is 0 Å². The van der Waals surface area contributed by atoms with Crippen molar-refractivity contribution in [3.63, 3.8) is 0 Å². The van der Waals surface area contributed by atoms with Gasteiger partial charge in [0.25, 0.3) is 0 Å². The highest BCUT2D eigenvalue weighted by atomic mass is 16.5. The minimum atomic E-state index is -1.51. The predicted octanol–water partition coefficient (Wildman–Crippen LogP) is 0.325. The van der Waals surface area contributed by atoms with E-state index in [0.29, 0.717) is 19.3 Å². The summed E-state index contributed by atoms with van der Waals surface area (Å²) in [5, 5.41) is 42.8. The molecule has 0 aromatic rings. The van der Waals surface area contributed by atoms with Crippen molar-refractivity contribution in [1.82, 2.24) is 0 Å². The third-order valence-electron chi connectivity index (χ3n) is 8.87. The minimum Gasteiger partial charge on any atom is -0.481 e. The lowest BCUT2D eigenvalue weighted by Crippen LogP contribution is -2.68. The van der Waals surface area contributed by atoms with Gasteiger partial charge in [0.1, 0.15) is 0 Å². The summed E-state index contributed by atoms with van der Waals surface area (Å²) >= 11 is 0. The van der Waals surface area contributed by atoms with Crippen molar-refractivity contribution in [3.8, 4) is 0 Å². The van der Waals surface area contributed by atoms with Gasteiger partial charge in [-0.15, -0.1) is 0 Å². The number of cyclic esters (lactones) is 1. The normalized spacial score (nSPS) is 58.4. The number of allylic oxidation sites excluding steroid dienone is 1. The van der Waals surface area contributed by atoms with Gasteiger partial charge in [0, 0.05) is 17.3 Å². The molecule has 5 fully saturated rings. The van der Waals surface area contributed by atoms with Crippen LogP contribution in [0.3, 0.4) is 0 Å². The second kappa shape index (κ2) is 4.93. The molecule has 4 bridgehead atoms. The van der Waals surface area contributed by atoms with Gasteiger partial charge in [-0.1, -0.05) is 12.2 Å². The maximum Gasteiger partial charge on any atom is 0.314 e. The molecule has 0 radical (unpaired) electrons. The quantitative estimate of drug-likeness (QED) is 0.383. The largest absolute Gasteiger partial charge is 0.481 e. The zero-order valence-electron chi connectivity index (χ0n) is 15.3. The Morgan fingerprint density at radius 3 is 2.52 bits per heavy atom. The number of carboxylic acid groups (broad SMARTS) is 1. The summed E-state index contributed by atoms with van der Waals surface area (Å²) in [5.41, 5.74) is -2.11. The fourth-order valence-corrected chi connectivity index (χ4v) is 8.30. The average molecular weight is 378 g/mol. The van der Waals surface area contributed by atoms with E-state index in [1.165, 1.54) is 6.92 Å². The molecular weight excluding hydrogens is 352 g/mol. The second-order valence-electron chi connectivity index (χ2n) is 9.85. The fourth-order valence-electron chi connectivity index (χ4n) is 8.30. The number of aliphatic hydroxyl groups excluding tert-OH is 3. The Bertz CT molecular complexity index is 763. The number of aliphatic hydroxyl groups is 3. The number of rotatable bonds is 1. The van der Waals surface area contributed by atoms with E-state index in [1.54, 1.807) is 0 Å².